The van der Waals surface area contributed by atoms with Crippen LogP contribution < -0.4 is 19.7 Å². The molecule has 0 radical (unpaired) electrons. The Morgan fingerprint density at radius 2 is 1.81 bits per heavy atom. The lowest BCUT2D eigenvalue weighted by Gasteiger charge is -2.36. The number of carbonyl (C=O) groups is 1. The number of nitrogens with one attached hydrogen (secondary N) is 1. The summed E-state index contributed by atoms with van der Waals surface area (Å²) in [4.78, 5) is 25.9. The van der Waals surface area contributed by atoms with Crippen molar-refractivity contribution in [3.05, 3.63) is 70.0 Å². The van der Waals surface area contributed by atoms with Crippen LogP contribution in [0.15, 0.2) is 42.2 Å². The van der Waals surface area contributed by atoms with Crippen molar-refractivity contribution in [3.63, 3.8) is 0 Å². The van der Waals surface area contributed by atoms with Crippen LogP contribution in [-0.2, 0) is 22.4 Å². The topological polar surface area (TPSA) is 98.3 Å². The molecule has 13 heteroatoms. The monoisotopic (exact) mass is 685 g/mol. The van der Waals surface area contributed by atoms with Crippen molar-refractivity contribution in [2.24, 2.45) is 0 Å². The third-order valence-corrected chi connectivity index (χ3v) is 8.52. The maximum Gasteiger partial charge on any atom is 0.410 e. The fraction of sp³-hybridized carbons (Fsp3) is 0.457. The molecule has 258 valence electrons. The highest BCUT2D eigenvalue weighted by molar-refractivity contribution is 6.33. The summed E-state index contributed by atoms with van der Waals surface area (Å²) in [5.74, 6) is 0.917. The average Bonchev–Trinajstić information content (AvgIpc) is 3.06. The Labute approximate surface area is 284 Å². The highest BCUT2D eigenvalue weighted by Crippen LogP contribution is 2.41. The van der Waals surface area contributed by atoms with E-state index in [0.717, 1.165) is 5.56 Å². The van der Waals surface area contributed by atoms with Gasteiger partial charge in [-0.05, 0) is 45.4 Å². The van der Waals surface area contributed by atoms with Crippen LogP contribution in [0, 0.1) is 5.82 Å². The predicted molar refractivity (Wildman–Crippen MR) is 182 cm³/mol. The Balaban J connectivity index is 1.47. The number of ether oxygens (including phenoxy) is 4. The second-order valence-electron chi connectivity index (χ2n) is 12.6. The second-order valence-corrected chi connectivity index (χ2v) is 13.0. The predicted octanol–water partition coefficient (Wildman–Crippen LogP) is 6.48. The van der Waals surface area contributed by atoms with Crippen molar-refractivity contribution in [1.82, 2.24) is 20.2 Å². The van der Waals surface area contributed by atoms with Crippen LogP contribution >= 0.6 is 11.6 Å². The number of methoxy groups -OCH3 is 3. The molecule has 1 saturated heterocycles. The highest BCUT2D eigenvalue weighted by Gasteiger charge is 2.31. The summed E-state index contributed by atoms with van der Waals surface area (Å²) < 4.78 is 53.7. The first-order valence-electron chi connectivity index (χ1n) is 15.9. The SMILES string of the molecule is COc1ccc(CNCCc2nc(N3CCN(C(=O)OC(C)(C)C)CC3)c3cc(Cl)c(C4=C(F)C=CCC4OC)c(F)c3n2)c(OC)c1. The van der Waals surface area contributed by atoms with Crippen LogP contribution in [0.5, 0.6) is 11.5 Å². The van der Waals surface area contributed by atoms with Gasteiger partial charge in [-0.1, -0.05) is 23.7 Å². The number of allylic oxidation sites excluding steroid dienone is 2. The molecule has 2 aromatic carbocycles. The van der Waals surface area contributed by atoms with Crippen LogP contribution in [0.4, 0.5) is 19.4 Å². The molecule has 48 heavy (non-hydrogen) atoms. The number of aromatic nitrogens is 2. The minimum atomic E-state index is -0.742. The number of carbonyl (C=O) groups excluding carboxylic acids is 1. The number of piperazine rings is 1. The van der Waals surface area contributed by atoms with Crippen molar-refractivity contribution in [1.29, 1.82) is 0 Å². The van der Waals surface area contributed by atoms with Gasteiger partial charge in [-0.25, -0.2) is 23.5 Å². The number of amides is 1. The van der Waals surface area contributed by atoms with Gasteiger partial charge < -0.3 is 34.1 Å². The lowest BCUT2D eigenvalue weighted by atomic mass is 9.92. The third kappa shape index (κ3) is 7.82. The van der Waals surface area contributed by atoms with Crippen LogP contribution in [0.25, 0.3) is 16.5 Å². The Morgan fingerprint density at radius 3 is 2.48 bits per heavy atom. The van der Waals surface area contributed by atoms with Crippen LogP contribution in [0.3, 0.4) is 0 Å². The molecule has 0 saturated carbocycles. The Morgan fingerprint density at radius 1 is 1.06 bits per heavy atom. The van der Waals surface area contributed by atoms with E-state index in [9.17, 15) is 4.79 Å². The number of benzene rings is 2. The quantitative estimate of drug-likeness (QED) is 0.240. The number of nitrogens with zero attached hydrogens (tertiary/aromatic N) is 4. The van der Waals surface area contributed by atoms with Gasteiger partial charge in [0.15, 0.2) is 5.82 Å². The smallest absolute Gasteiger partial charge is 0.410 e. The largest absolute Gasteiger partial charge is 0.497 e. The molecule has 1 N–H and O–H groups in total. The first-order chi connectivity index (χ1) is 22.9. The van der Waals surface area contributed by atoms with E-state index in [1.165, 1.54) is 13.2 Å². The van der Waals surface area contributed by atoms with E-state index >= 15 is 8.78 Å². The molecule has 1 fully saturated rings. The Bertz CT molecular complexity index is 1720. The van der Waals surface area contributed by atoms with E-state index in [2.05, 4.69) is 10.3 Å². The summed E-state index contributed by atoms with van der Waals surface area (Å²) in [5.41, 5.74) is 0.330. The van der Waals surface area contributed by atoms with Gasteiger partial charge in [0.2, 0.25) is 0 Å². The molecule has 1 aromatic heterocycles. The molecule has 0 spiro atoms. The van der Waals surface area contributed by atoms with E-state index in [0.29, 0.717) is 80.6 Å². The minimum absolute atomic E-state index is 0.0302. The average molecular weight is 686 g/mol. The Hall–Kier alpha value is -4.00. The molecule has 1 aliphatic heterocycles. The molecule has 1 atom stereocenters. The summed E-state index contributed by atoms with van der Waals surface area (Å²) in [6.07, 6.45) is 2.59. The van der Waals surface area contributed by atoms with Crippen molar-refractivity contribution >= 4 is 40.0 Å². The molecule has 2 aliphatic rings. The summed E-state index contributed by atoms with van der Waals surface area (Å²) in [5, 5.41) is 3.81. The van der Waals surface area contributed by atoms with Crippen LogP contribution in [0.1, 0.15) is 44.1 Å². The zero-order valence-corrected chi connectivity index (χ0v) is 28.9. The Kier molecular flexibility index (Phi) is 11.1. The molecule has 1 unspecified atom stereocenters. The molecule has 3 aromatic rings. The lowest BCUT2D eigenvalue weighted by molar-refractivity contribution is 0.0240. The van der Waals surface area contributed by atoms with Gasteiger partial charge >= 0.3 is 6.09 Å². The molecule has 1 aliphatic carbocycles. The summed E-state index contributed by atoms with van der Waals surface area (Å²) in [7, 11) is 4.65. The number of halogens is 3. The van der Waals surface area contributed by atoms with E-state index in [-0.39, 0.29) is 21.7 Å². The van der Waals surface area contributed by atoms with Gasteiger partial charge in [-0.15, -0.1) is 0 Å². The molecule has 10 nitrogen and oxygen atoms in total. The van der Waals surface area contributed by atoms with Gasteiger partial charge in [-0.3, -0.25) is 0 Å². The van der Waals surface area contributed by atoms with Gasteiger partial charge in [0.05, 0.1) is 25.3 Å². The molecular weight excluding hydrogens is 644 g/mol. The zero-order chi connectivity index (χ0) is 34.6. The first-order valence-corrected chi connectivity index (χ1v) is 16.2. The van der Waals surface area contributed by atoms with E-state index < -0.39 is 29.4 Å². The number of hydrogen-bond acceptors (Lipinski definition) is 9. The van der Waals surface area contributed by atoms with Crippen LogP contribution in [0.2, 0.25) is 5.02 Å². The maximum absolute atomic E-state index is 16.6. The van der Waals surface area contributed by atoms with E-state index in [4.69, 9.17) is 35.5 Å². The van der Waals surface area contributed by atoms with Crippen molar-refractivity contribution in [3.8, 4) is 11.5 Å². The fourth-order valence-electron chi connectivity index (χ4n) is 5.82. The van der Waals surface area contributed by atoms with Crippen molar-refractivity contribution in [2.75, 3.05) is 59.0 Å². The normalized spacial score (nSPS) is 16.9. The number of hydrogen-bond donors (Lipinski definition) is 1. The maximum atomic E-state index is 16.6. The molecule has 2 heterocycles. The van der Waals surface area contributed by atoms with Crippen molar-refractivity contribution in [2.45, 2.75) is 51.9 Å². The van der Waals surface area contributed by atoms with Gasteiger partial charge in [-0.2, -0.15) is 0 Å². The van der Waals surface area contributed by atoms with Crippen LogP contribution in [-0.4, -0.2) is 86.7 Å². The standard InChI is InChI=1S/C35H42ClF2N5O5/c1-35(2,3)48-34(44)43-16-14-42(15-17-43)33-23-19-24(36)29(30-25(37)8-7-9-26(30)46-5)31(38)32(23)40-28(41-33)12-13-39-20-21-10-11-22(45-4)18-27(21)47-6/h7-8,10-11,18-19,26,39H,9,12-17,20H2,1-6H3. The van der Waals surface area contributed by atoms with Gasteiger partial charge in [0.1, 0.15) is 40.1 Å². The van der Waals surface area contributed by atoms with E-state index in [1.54, 1.807) is 31.3 Å². The minimum Gasteiger partial charge on any atom is -0.497 e. The molecule has 0 bridgehead atoms. The fourth-order valence-corrected chi connectivity index (χ4v) is 6.12. The zero-order valence-electron chi connectivity index (χ0n) is 28.2. The number of rotatable bonds is 10. The lowest BCUT2D eigenvalue weighted by Crippen LogP contribution is -2.50. The molecule has 5 rings (SSSR count). The van der Waals surface area contributed by atoms with Crippen molar-refractivity contribution < 1.29 is 32.5 Å². The van der Waals surface area contributed by atoms with Gasteiger partial charge in [0.25, 0.3) is 0 Å². The summed E-state index contributed by atoms with van der Waals surface area (Å²) in [6.45, 7) is 8.08. The molecular formula is C35H42ClF2N5O5. The number of anilines is 1. The first kappa shape index (κ1) is 35.3. The summed E-state index contributed by atoms with van der Waals surface area (Å²) in [6, 6.07) is 7.20. The second kappa shape index (κ2) is 15.0. The highest BCUT2D eigenvalue weighted by atomic mass is 35.5. The summed E-state index contributed by atoms with van der Waals surface area (Å²) >= 11 is 6.72. The van der Waals surface area contributed by atoms with Gasteiger partial charge in [0, 0.05) is 81.0 Å². The molecule has 1 amide bonds. The number of fused-ring (bicyclic) bond motifs is 1. The van der Waals surface area contributed by atoms with E-state index in [1.807, 2.05) is 43.9 Å². The third-order valence-electron chi connectivity index (χ3n) is 8.22.